The van der Waals surface area contributed by atoms with Crippen molar-refractivity contribution < 1.29 is 14.7 Å². The molecule has 8 nitrogen and oxygen atoms in total. The van der Waals surface area contributed by atoms with Crippen molar-refractivity contribution in [2.75, 3.05) is 32.7 Å². The van der Waals surface area contributed by atoms with Crippen molar-refractivity contribution in [2.45, 2.75) is 30.9 Å². The van der Waals surface area contributed by atoms with E-state index in [0.29, 0.717) is 35.2 Å². The molecular weight excluding hydrogens is 453 g/mol. The van der Waals surface area contributed by atoms with Gasteiger partial charge in [-0.1, -0.05) is 23.2 Å². The smallest absolute Gasteiger partial charge is 0.251 e. The van der Waals surface area contributed by atoms with Gasteiger partial charge < -0.3 is 19.9 Å². The van der Waals surface area contributed by atoms with Crippen LogP contribution in [0.4, 0.5) is 0 Å². The molecular formula is C22H27Cl2N5O3. The van der Waals surface area contributed by atoms with Gasteiger partial charge in [0.15, 0.2) is 0 Å². The summed E-state index contributed by atoms with van der Waals surface area (Å²) in [5.41, 5.74) is 0.357. The molecule has 3 atom stereocenters. The molecule has 1 aromatic heterocycles. The number of carbonyl (C=O) groups is 2. The fourth-order valence-corrected chi connectivity index (χ4v) is 4.89. The SMILES string of the molecule is Cn1ccnc1C1CCN(C2CCN(C(=O)CNC(=O)c3ccc(Cl)c(Cl)c3)C2)CC1O. The number of halogens is 2. The van der Waals surface area contributed by atoms with Gasteiger partial charge in [0.1, 0.15) is 5.82 Å². The number of imidazole rings is 1. The highest BCUT2D eigenvalue weighted by molar-refractivity contribution is 6.42. The van der Waals surface area contributed by atoms with Crippen molar-refractivity contribution in [3.63, 3.8) is 0 Å². The van der Waals surface area contributed by atoms with Gasteiger partial charge in [-0.3, -0.25) is 14.5 Å². The lowest BCUT2D eigenvalue weighted by atomic mass is 9.92. The topological polar surface area (TPSA) is 90.7 Å². The zero-order chi connectivity index (χ0) is 22.8. The first-order valence-electron chi connectivity index (χ1n) is 10.7. The number of aryl methyl sites for hydroxylation is 1. The molecule has 0 spiro atoms. The average Bonchev–Trinajstić information content (AvgIpc) is 3.43. The van der Waals surface area contributed by atoms with E-state index in [1.807, 2.05) is 17.8 Å². The molecule has 0 bridgehead atoms. The lowest BCUT2D eigenvalue weighted by Gasteiger charge is -2.38. The maximum Gasteiger partial charge on any atom is 0.251 e. The van der Waals surface area contributed by atoms with Crippen molar-refractivity contribution in [1.29, 1.82) is 0 Å². The Morgan fingerprint density at radius 1 is 1.19 bits per heavy atom. The molecule has 32 heavy (non-hydrogen) atoms. The number of likely N-dealkylation sites (tertiary alicyclic amines) is 2. The van der Waals surface area contributed by atoms with Crippen LogP contribution in [-0.4, -0.2) is 81.1 Å². The van der Waals surface area contributed by atoms with E-state index in [1.165, 1.54) is 6.07 Å². The fourth-order valence-electron chi connectivity index (χ4n) is 4.60. The number of hydrogen-bond donors (Lipinski definition) is 2. The predicted octanol–water partition coefficient (Wildman–Crippen LogP) is 1.91. The number of benzene rings is 1. The van der Waals surface area contributed by atoms with Crippen LogP contribution in [0.25, 0.3) is 0 Å². The van der Waals surface area contributed by atoms with Crippen LogP contribution in [0.15, 0.2) is 30.6 Å². The van der Waals surface area contributed by atoms with Crippen molar-refractivity contribution in [3.8, 4) is 0 Å². The number of aromatic nitrogens is 2. The van der Waals surface area contributed by atoms with Crippen molar-refractivity contribution in [2.24, 2.45) is 7.05 Å². The molecule has 0 radical (unpaired) electrons. The number of nitrogens with zero attached hydrogens (tertiary/aromatic N) is 4. The standard InChI is InChI=1S/C22H27Cl2N5O3/c1-27-9-6-25-21(27)16-5-8-28(13-19(16)30)15-4-7-29(12-15)20(31)11-26-22(32)14-2-3-17(23)18(24)10-14/h2-3,6,9-10,15-16,19,30H,4-5,7-8,11-13H2,1H3,(H,26,32). The van der Waals surface area contributed by atoms with Crippen molar-refractivity contribution in [1.82, 2.24) is 24.7 Å². The van der Waals surface area contributed by atoms with Gasteiger partial charge in [0.2, 0.25) is 5.91 Å². The zero-order valence-electron chi connectivity index (χ0n) is 17.9. The summed E-state index contributed by atoms with van der Waals surface area (Å²) in [4.78, 5) is 33.4. The van der Waals surface area contributed by atoms with E-state index >= 15 is 0 Å². The largest absolute Gasteiger partial charge is 0.391 e. The van der Waals surface area contributed by atoms with E-state index in [-0.39, 0.29) is 30.3 Å². The Hall–Kier alpha value is -2.13. The Kier molecular flexibility index (Phi) is 7.05. The van der Waals surface area contributed by atoms with Crippen LogP contribution in [0, 0.1) is 0 Å². The molecule has 2 saturated heterocycles. The van der Waals surface area contributed by atoms with E-state index in [0.717, 1.165) is 25.2 Å². The Morgan fingerprint density at radius 2 is 2.00 bits per heavy atom. The number of aliphatic hydroxyl groups is 1. The Balaban J connectivity index is 1.26. The van der Waals surface area contributed by atoms with Crippen LogP contribution in [0.5, 0.6) is 0 Å². The van der Waals surface area contributed by atoms with Crippen molar-refractivity contribution in [3.05, 3.63) is 52.0 Å². The van der Waals surface area contributed by atoms with Gasteiger partial charge in [0.25, 0.3) is 5.91 Å². The van der Waals surface area contributed by atoms with Gasteiger partial charge in [0, 0.05) is 56.6 Å². The number of piperidine rings is 1. The van der Waals surface area contributed by atoms with Gasteiger partial charge in [-0.05, 0) is 37.6 Å². The van der Waals surface area contributed by atoms with Gasteiger partial charge in [-0.25, -0.2) is 4.98 Å². The summed E-state index contributed by atoms with van der Waals surface area (Å²) in [6.45, 7) is 2.59. The maximum absolute atomic E-state index is 12.6. The molecule has 2 aliphatic heterocycles. The first kappa shape index (κ1) is 23.0. The molecule has 10 heteroatoms. The second-order valence-electron chi connectivity index (χ2n) is 8.45. The Morgan fingerprint density at radius 3 is 2.69 bits per heavy atom. The minimum atomic E-state index is -0.486. The molecule has 2 aromatic rings. The Labute approximate surface area is 197 Å². The third-order valence-electron chi connectivity index (χ3n) is 6.42. The summed E-state index contributed by atoms with van der Waals surface area (Å²) in [7, 11) is 1.95. The van der Waals surface area contributed by atoms with Gasteiger partial charge in [-0.15, -0.1) is 0 Å². The molecule has 0 saturated carbocycles. The summed E-state index contributed by atoms with van der Waals surface area (Å²) in [6, 6.07) is 4.81. The monoisotopic (exact) mass is 479 g/mol. The second-order valence-corrected chi connectivity index (χ2v) is 9.26. The van der Waals surface area contributed by atoms with E-state index in [4.69, 9.17) is 23.2 Å². The summed E-state index contributed by atoms with van der Waals surface area (Å²) in [5.74, 6) is 0.455. The van der Waals surface area contributed by atoms with E-state index in [9.17, 15) is 14.7 Å². The fraction of sp³-hybridized carbons (Fsp3) is 0.500. The average molecular weight is 480 g/mol. The van der Waals surface area contributed by atoms with Gasteiger partial charge in [-0.2, -0.15) is 0 Å². The van der Waals surface area contributed by atoms with Crippen LogP contribution in [-0.2, 0) is 11.8 Å². The third kappa shape index (κ3) is 4.93. The molecule has 4 rings (SSSR count). The van der Waals surface area contributed by atoms with Crippen LogP contribution >= 0.6 is 23.2 Å². The molecule has 3 heterocycles. The number of carbonyl (C=O) groups excluding carboxylic acids is 2. The van der Waals surface area contributed by atoms with E-state index in [1.54, 1.807) is 23.2 Å². The molecule has 0 aliphatic carbocycles. The first-order valence-corrected chi connectivity index (χ1v) is 11.5. The Bertz CT molecular complexity index is 998. The predicted molar refractivity (Wildman–Crippen MR) is 122 cm³/mol. The zero-order valence-corrected chi connectivity index (χ0v) is 19.4. The summed E-state index contributed by atoms with van der Waals surface area (Å²) < 4.78 is 1.96. The van der Waals surface area contributed by atoms with E-state index < -0.39 is 6.10 Å². The number of rotatable bonds is 5. The lowest BCUT2D eigenvalue weighted by molar-refractivity contribution is -0.129. The molecule has 172 valence electrons. The molecule has 1 aromatic carbocycles. The minimum absolute atomic E-state index is 0.0296. The summed E-state index contributed by atoms with van der Waals surface area (Å²) >= 11 is 11.8. The maximum atomic E-state index is 12.6. The van der Waals surface area contributed by atoms with Crippen molar-refractivity contribution >= 4 is 35.0 Å². The second kappa shape index (κ2) is 9.79. The highest BCUT2D eigenvalue weighted by Gasteiger charge is 2.37. The van der Waals surface area contributed by atoms with Crippen LogP contribution in [0.1, 0.15) is 34.9 Å². The number of nitrogens with one attached hydrogen (secondary N) is 1. The number of β-amino-alcohol motifs (C(OH)–C–C–N with tert-alkyl or cyclic N) is 1. The van der Waals surface area contributed by atoms with Gasteiger partial charge in [0.05, 0.1) is 22.7 Å². The minimum Gasteiger partial charge on any atom is -0.391 e. The number of aliphatic hydroxyl groups excluding tert-OH is 1. The van der Waals surface area contributed by atoms with Crippen LogP contribution < -0.4 is 5.32 Å². The summed E-state index contributed by atoms with van der Waals surface area (Å²) in [6.07, 6.45) is 4.85. The molecule has 2 amide bonds. The molecule has 2 fully saturated rings. The van der Waals surface area contributed by atoms with Crippen LogP contribution in [0.2, 0.25) is 10.0 Å². The number of amides is 2. The van der Waals surface area contributed by atoms with Crippen LogP contribution in [0.3, 0.4) is 0 Å². The van der Waals surface area contributed by atoms with Gasteiger partial charge >= 0.3 is 0 Å². The summed E-state index contributed by atoms with van der Waals surface area (Å²) in [5, 5.41) is 14.0. The highest BCUT2D eigenvalue weighted by atomic mass is 35.5. The van der Waals surface area contributed by atoms with E-state index in [2.05, 4.69) is 15.2 Å². The lowest BCUT2D eigenvalue weighted by Crippen LogP contribution is -2.49. The first-order chi connectivity index (χ1) is 15.3. The molecule has 2 N–H and O–H groups in total. The normalized spacial score (nSPS) is 24.0. The highest BCUT2D eigenvalue weighted by Crippen LogP contribution is 2.30. The molecule has 2 aliphatic rings. The molecule has 3 unspecified atom stereocenters. The third-order valence-corrected chi connectivity index (χ3v) is 7.16. The quantitative estimate of drug-likeness (QED) is 0.683. The number of hydrogen-bond acceptors (Lipinski definition) is 5.